The van der Waals surface area contributed by atoms with Gasteiger partial charge in [0, 0.05) is 47.6 Å². The highest BCUT2D eigenvalue weighted by atomic mass is 32.1. The fraction of sp³-hybridized carbons (Fsp3) is 0.0130. The van der Waals surface area contributed by atoms with Crippen molar-refractivity contribution < 1.29 is 0 Å². The van der Waals surface area contributed by atoms with Crippen molar-refractivity contribution >= 4 is 86.5 Å². The molecule has 5 heteroatoms. The molecule has 1 unspecified atom stereocenters. The molecule has 1 aliphatic rings. The number of rotatable bonds is 9. The van der Waals surface area contributed by atoms with Crippen LogP contribution in [0.4, 0.5) is 0 Å². The summed E-state index contributed by atoms with van der Waals surface area (Å²) in [5, 5.41) is 13.7. The predicted octanol–water partition coefficient (Wildman–Crippen LogP) is 20.3. The molecular formula is C77H50N4S. The van der Waals surface area contributed by atoms with E-state index in [4.69, 9.17) is 9.98 Å². The van der Waals surface area contributed by atoms with Crippen molar-refractivity contribution in [1.29, 1.82) is 0 Å². The SMILES string of the molecule is c1ccc(-c2ccc(-c3ccc(C4=NC(c5ccc(-n6c7cc8ccccc8cc7c7cc8ccccc8cc76)c(-c6ccc7sc8ccccc8c7c6)c5)NC(c5ccc(-c6ccc(-c7ccccc7)cc6)cc5)=N4)cc3)cc2)cc1. The van der Waals surface area contributed by atoms with E-state index in [0.717, 1.165) is 72.6 Å². The van der Waals surface area contributed by atoms with Crippen molar-refractivity contribution in [3.8, 4) is 61.3 Å². The molecule has 0 spiro atoms. The molecule has 4 nitrogen and oxygen atoms in total. The van der Waals surface area contributed by atoms with Crippen LogP contribution in [-0.4, -0.2) is 16.2 Å². The highest BCUT2D eigenvalue weighted by Gasteiger charge is 2.25. The van der Waals surface area contributed by atoms with E-state index >= 15 is 0 Å². The number of aliphatic imine (C=N–C) groups is 2. The van der Waals surface area contributed by atoms with E-state index in [2.05, 4.69) is 301 Å². The standard InChI is InChI=1S/C77H50N4S/c1-3-13-49(14-4-1)51-23-27-53(28-24-51)55-31-35-57(36-32-55)75-78-76(58-37-33-56(34-38-58)54-29-25-52(26-30-54)50-15-5-2-6-16-50)80-77(79-75)64-39-41-70(66(46-64)63-40-42-74-69(45-63)65-21-11-12-22-73(65)82-74)81-71-47-61-19-9-7-17-59(61)43-67(71)68-44-60-18-8-10-20-62(60)48-72(68)81/h1-48,77H,(H,78,79,80). The molecule has 0 saturated heterocycles. The molecule has 1 atom stereocenters. The smallest absolute Gasteiger partial charge is 0.159 e. The summed E-state index contributed by atoms with van der Waals surface area (Å²) < 4.78 is 5.06. The zero-order valence-electron chi connectivity index (χ0n) is 44.5. The number of nitrogens with zero attached hydrogens (tertiary/aromatic N) is 3. The number of thiophene rings is 1. The first kappa shape index (κ1) is 47.5. The molecule has 0 saturated carbocycles. The minimum atomic E-state index is -0.470. The summed E-state index contributed by atoms with van der Waals surface area (Å²) in [4.78, 5) is 10.9. The maximum Gasteiger partial charge on any atom is 0.159 e. The van der Waals surface area contributed by atoms with Gasteiger partial charge in [-0.15, -0.1) is 11.3 Å². The Morgan fingerprint density at radius 2 is 0.744 bits per heavy atom. The van der Waals surface area contributed by atoms with Crippen LogP contribution in [0.25, 0.3) is 125 Å². The second-order valence-corrected chi connectivity index (χ2v) is 22.4. The summed E-state index contributed by atoms with van der Waals surface area (Å²) in [6.07, 6.45) is -0.470. The highest BCUT2D eigenvalue weighted by Crippen LogP contribution is 2.43. The van der Waals surface area contributed by atoms with Crippen LogP contribution in [0.3, 0.4) is 0 Å². The molecule has 82 heavy (non-hydrogen) atoms. The Hall–Kier alpha value is -10.5. The van der Waals surface area contributed by atoms with Crippen LogP contribution in [0.2, 0.25) is 0 Å². The summed E-state index contributed by atoms with van der Waals surface area (Å²) in [5.41, 5.74) is 18.0. The Morgan fingerprint density at radius 3 is 1.28 bits per heavy atom. The zero-order chi connectivity index (χ0) is 54.1. The van der Waals surface area contributed by atoms with Gasteiger partial charge < -0.3 is 9.88 Å². The fourth-order valence-corrected chi connectivity index (χ4v) is 13.3. The molecule has 1 aliphatic heterocycles. The largest absolute Gasteiger partial charge is 0.344 e. The van der Waals surface area contributed by atoms with Gasteiger partial charge in [-0.25, -0.2) is 9.98 Å². The number of benzene rings is 13. The van der Waals surface area contributed by atoms with Crippen molar-refractivity contribution in [2.45, 2.75) is 6.17 Å². The van der Waals surface area contributed by atoms with Crippen molar-refractivity contribution in [3.05, 3.63) is 308 Å². The van der Waals surface area contributed by atoms with Crippen LogP contribution >= 0.6 is 11.3 Å². The Bertz CT molecular complexity index is 4920. The van der Waals surface area contributed by atoms with Gasteiger partial charge in [0.05, 0.1) is 16.7 Å². The first-order valence-electron chi connectivity index (χ1n) is 28.0. The van der Waals surface area contributed by atoms with E-state index in [-0.39, 0.29) is 0 Å². The fourth-order valence-electron chi connectivity index (χ4n) is 12.2. The Balaban J connectivity index is 0.845. The molecule has 16 rings (SSSR count). The lowest BCUT2D eigenvalue weighted by Crippen LogP contribution is -2.33. The van der Waals surface area contributed by atoms with Gasteiger partial charge in [0.2, 0.25) is 0 Å². The molecule has 0 fully saturated rings. The van der Waals surface area contributed by atoms with Gasteiger partial charge in [0.15, 0.2) is 5.84 Å². The van der Waals surface area contributed by atoms with E-state index in [9.17, 15) is 0 Å². The van der Waals surface area contributed by atoms with Gasteiger partial charge in [-0.3, -0.25) is 0 Å². The molecule has 0 radical (unpaired) electrons. The van der Waals surface area contributed by atoms with E-state index in [1.807, 2.05) is 11.3 Å². The van der Waals surface area contributed by atoms with Crippen LogP contribution in [0.1, 0.15) is 22.9 Å². The van der Waals surface area contributed by atoms with Crippen LogP contribution in [0.15, 0.2) is 301 Å². The first-order valence-corrected chi connectivity index (χ1v) is 28.8. The maximum atomic E-state index is 5.53. The third-order valence-electron chi connectivity index (χ3n) is 16.5. The number of hydrogen-bond donors (Lipinski definition) is 1. The quantitative estimate of drug-likeness (QED) is 0.154. The third-order valence-corrected chi connectivity index (χ3v) is 17.6. The van der Waals surface area contributed by atoms with Gasteiger partial charge in [0.25, 0.3) is 0 Å². The summed E-state index contributed by atoms with van der Waals surface area (Å²) >= 11 is 1.85. The first-order chi connectivity index (χ1) is 40.6. The third kappa shape index (κ3) is 8.46. The summed E-state index contributed by atoms with van der Waals surface area (Å²) in [6.45, 7) is 0. The number of aromatic nitrogens is 1. The van der Waals surface area contributed by atoms with Crippen molar-refractivity contribution in [3.63, 3.8) is 0 Å². The number of fused-ring (bicyclic) bond motifs is 8. The molecule has 1 N–H and O–H groups in total. The van der Waals surface area contributed by atoms with Crippen molar-refractivity contribution in [2.75, 3.05) is 0 Å². The van der Waals surface area contributed by atoms with Gasteiger partial charge in [-0.1, -0.05) is 237 Å². The molecule has 2 aromatic heterocycles. The summed E-state index contributed by atoms with van der Waals surface area (Å²) in [6, 6.07) is 106. The highest BCUT2D eigenvalue weighted by molar-refractivity contribution is 7.25. The second kappa shape index (κ2) is 19.7. The number of nitrogens with one attached hydrogen (secondary N) is 1. The number of hydrogen-bond acceptors (Lipinski definition) is 4. The molecule has 3 heterocycles. The van der Waals surface area contributed by atoms with Crippen LogP contribution in [0.5, 0.6) is 0 Å². The van der Waals surface area contributed by atoms with E-state index < -0.39 is 6.17 Å². The van der Waals surface area contributed by atoms with Crippen molar-refractivity contribution in [1.82, 2.24) is 9.88 Å². The minimum Gasteiger partial charge on any atom is -0.344 e. The topological polar surface area (TPSA) is 41.7 Å². The normalized spacial score (nSPS) is 13.5. The second-order valence-electron chi connectivity index (χ2n) is 21.4. The van der Waals surface area contributed by atoms with E-state index in [0.29, 0.717) is 5.84 Å². The van der Waals surface area contributed by atoms with Crippen molar-refractivity contribution in [2.24, 2.45) is 9.98 Å². The van der Waals surface area contributed by atoms with Gasteiger partial charge in [-0.05, 0) is 132 Å². The van der Waals surface area contributed by atoms with Gasteiger partial charge in [-0.2, -0.15) is 0 Å². The zero-order valence-corrected chi connectivity index (χ0v) is 45.4. The molecule has 0 aliphatic carbocycles. The minimum absolute atomic E-state index is 0.470. The Labute approximate surface area is 478 Å². The molecule has 15 aromatic rings. The van der Waals surface area contributed by atoms with Gasteiger partial charge >= 0.3 is 0 Å². The molecular weight excluding hydrogens is 1010 g/mol. The summed E-state index contributed by atoms with van der Waals surface area (Å²) in [7, 11) is 0. The molecule has 384 valence electrons. The Kier molecular flexibility index (Phi) is 11.4. The van der Waals surface area contributed by atoms with E-state index in [1.165, 1.54) is 74.7 Å². The number of amidine groups is 2. The lowest BCUT2D eigenvalue weighted by molar-refractivity contribution is 0.674. The molecule has 13 aromatic carbocycles. The average Bonchev–Trinajstić information content (AvgIpc) is 4.01. The van der Waals surface area contributed by atoms with Crippen LogP contribution in [-0.2, 0) is 0 Å². The average molecular weight is 1060 g/mol. The summed E-state index contributed by atoms with van der Waals surface area (Å²) in [5.74, 6) is 1.43. The molecule has 0 amide bonds. The van der Waals surface area contributed by atoms with Gasteiger partial charge in [0.1, 0.15) is 12.0 Å². The lowest BCUT2D eigenvalue weighted by atomic mass is 9.97. The molecule has 0 bridgehead atoms. The predicted molar refractivity (Wildman–Crippen MR) is 348 cm³/mol. The monoisotopic (exact) mass is 1060 g/mol. The van der Waals surface area contributed by atoms with Crippen LogP contribution in [0, 0.1) is 0 Å². The lowest BCUT2D eigenvalue weighted by Gasteiger charge is -2.25. The maximum absolute atomic E-state index is 5.53. The van der Waals surface area contributed by atoms with Crippen LogP contribution < -0.4 is 5.32 Å². The van der Waals surface area contributed by atoms with E-state index in [1.54, 1.807) is 0 Å². The Morgan fingerprint density at radius 1 is 0.317 bits per heavy atom.